The third-order valence-electron chi connectivity index (χ3n) is 3.82. The van der Waals surface area contributed by atoms with Crippen LogP contribution in [-0.4, -0.2) is 13.1 Å². The van der Waals surface area contributed by atoms with Gasteiger partial charge in [-0.05, 0) is 31.0 Å². The fourth-order valence-corrected chi connectivity index (χ4v) is 2.75. The lowest BCUT2D eigenvalue weighted by molar-refractivity contribution is 0.446. The molecule has 1 N–H and O–H groups in total. The van der Waals surface area contributed by atoms with Crippen LogP contribution in [0.15, 0.2) is 60.7 Å². The van der Waals surface area contributed by atoms with Gasteiger partial charge in [-0.25, -0.2) is 0 Å². The highest BCUT2D eigenvalue weighted by Crippen LogP contribution is 2.26. The molecule has 0 saturated carbocycles. The molecule has 2 rings (SSSR count). The van der Waals surface area contributed by atoms with Gasteiger partial charge in [0.2, 0.25) is 0 Å². The Hall–Kier alpha value is -1.60. The van der Waals surface area contributed by atoms with Crippen molar-refractivity contribution in [3.05, 3.63) is 71.8 Å². The number of nitrogens with one attached hydrogen (secondary N) is 1. The van der Waals surface area contributed by atoms with Crippen LogP contribution in [0.5, 0.6) is 0 Å². The molecular formula is C18H23N. The zero-order chi connectivity index (χ0) is 13.5. The summed E-state index contributed by atoms with van der Waals surface area (Å²) in [6, 6.07) is 22.1. The molecule has 19 heavy (non-hydrogen) atoms. The molecule has 0 radical (unpaired) electrons. The van der Waals surface area contributed by atoms with Crippen LogP contribution in [0.2, 0.25) is 0 Å². The second-order valence-electron chi connectivity index (χ2n) is 5.01. The molecule has 0 aliphatic heterocycles. The summed E-state index contributed by atoms with van der Waals surface area (Å²) in [5.41, 5.74) is 2.83. The molecule has 100 valence electrons. The van der Waals surface area contributed by atoms with Gasteiger partial charge in [-0.15, -0.1) is 0 Å². The minimum atomic E-state index is 0.516. The number of hydrogen-bond acceptors (Lipinski definition) is 1. The van der Waals surface area contributed by atoms with E-state index in [1.165, 1.54) is 11.1 Å². The molecule has 0 aliphatic carbocycles. The highest BCUT2D eigenvalue weighted by molar-refractivity contribution is 5.25. The van der Waals surface area contributed by atoms with Gasteiger partial charge >= 0.3 is 0 Å². The summed E-state index contributed by atoms with van der Waals surface area (Å²) in [5, 5.41) is 3.47. The Balaban J connectivity index is 2.24. The third-order valence-corrected chi connectivity index (χ3v) is 3.82. The number of hydrogen-bond donors (Lipinski definition) is 1. The molecule has 0 aliphatic rings. The highest BCUT2D eigenvalue weighted by Gasteiger charge is 2.20. The Labute approximate surface area is 116 Å². The van der Waals surface area contributed by atoms with Gasteiger partial charge in [0.1, 0.15) is 0 Å². The Bertz CT molecular complexity index is 460. The smallest absolute Gasteiger partial charge is 0.0133 e. The van der Waals surface area contributed by atoms with Gasteiger partial charge in [0, 0.05) is 12.0 Å². The first-order valence-corrected chi connectivity index (χ1v) is 7.11. The van der Waals surface area contributed by atoms with E-state index in [1.807, 2.05) is 0 Å². The quantitative estimate of drug-likeness (QED) is 0.820. The topological polar surface area (TPSA) is 12.0 Å². The third kappa shape index (κ3) is 3.68. The molecule has 0 bridgehead atoms. The monoisotopic (exact) mass is 253 g/mol. The molecule has 0 spiro atoms. The van der Waals surface area contributed by atoms with Crippen molar-refractivity contribution in [1.29, 1.82) is 0 Å². The molecule has 2 aromatic rings. The van der Waals surface area contributed by atoms with Gasteiger partial charge in [0.15, 0.2) is 0 Å². The second-order valence-corrected chi connectivity index (χ2v) is 5.01. The van der Waals surface area contributed by atoms with E-state index in [0.29, 0.717) is 12.0 Å². The van der Waals surface area contributed by atoms with Crippen molar-refractivity contribution in [1.82, 2.24) is 5.32 Å². The molecule has 1 nitrogen and oxygen atoms in total. The van der Waals surface area contributed by atoms with Gasteiger partial charge in [0.05, 0.1) is 0 Å². The van der Waals surface area contributed by atoms with E-state index >= 15 is 0 Å². The van der Waals surface area contributed by atoms with E-state index in [-0.39, 0.29) is 0 Å². The van der Waals surface area contributed by atoms with Crippen molar-refractivity contribution in [2.24, 2.45) is 0 Å². The van der Waals surface area contributed by atoms with Gasteiger partial charge in [0.25, 0.3) is 0 Å². The first-order chi connectivity index (χ1) is 9.35. The Kier molecular flexibility index (Phi) is 5.17. The van der Waals surface area contributed by atoms with Crippen LogP contribution >= 0.6 is 0 Å². The van der Waals surface area contributed by atoms with Crippen LogP contribution in [-0.2, 0) is 6.42 Å². The van der Waals surface area contributed by atoms with Crippen molar-refractivity contribution in [3.63, 3.8) is 0 Å². The average Bonchev–Trinajstić information content (AvgIpc) is 2.49. The summed E-state index contributed by atoms with van der Waals surface area (Å²) in [6.07, 6.45) is 2.23. The predicted molar refractivity (Wildman–Crippen MR) is 82.5 cm³/mol. The van der Waals surface area contributed by atoms with Crippen molar-refractivity contribution < 1.29 is 0 Å². The predicted octanol–water partition coefficient (Wildman–Crippen LogP) is 4.01. The van der Waals surface area contributed by atoms with Crippen LogP contribution < -0.4 is 5.32 Å². The Morgan fingerprint density at radius 3 is 2.00 bits per heavy atom. The van der Waals surface area contributed by atoms with Crippen molar-refractivity contribution in [3.8, 4) is 0 Å². The van der Waals surface area contributed by atoms with E-state index in [2.05, 4.69) is 80.0 Å². The largest absolute Gasteiger partial charge is 0.316 e. The Morgan fingerprint density at radius 2 is 1.47 bits per heavy atom. The highest BCUT2D eigenvalue weighted by atomic mass is 14.9. The van der Waals surface area contributed by atoms with Crippen LogP contribution in [0.3, 0.4) is 0 Å². The molecular weight excluding hydrogens is 230 g/mol. The van der Waals surface area contributed by atoms with E-state index in [9.17, 15) is 0 Å². The maximum Gasteiger partial charge on any atom is 0.0133 e. The maximum absolute atomic E-state index is 3.47. The number of likely N-dealkylation sites (N-methyl/N-ethyl adjacent to an activating group) is 1. The van der Waals surface area contributed by atoms with E-state index < -0.39 is 0 Å². The fraction of sp³-hybridized carbons (Fsp3) is 0.333. The molecule has 0 aromatic heterocycles. The lowest BCUT2D eigenvalue weighted by Crippen LogP contribution is -2.32. The van der Waals surface area contributed by atoms with E-state index in [0.717, 1.165) is 12.8 Å². The molecule has 0 amide bonds. The standard InChI is InChI=1S/C18H23N/c1-3-18(19-2)17(16-12-8-5-9-13-16)14-15-10-6-4-7-11-15/h4-13,17-19H,3,14H2,1-2H3. The van der Waals surface area contributed by atoms with Gasteiger partial charge in [-0.2, -0.15) is 0 Å². The van der Waals surface area contributed by atoms with Crippen molar-refractivity contribution in [2.75, 3.05) is 7.05 Å². The van der Waals surface area contributed by atoms with Crippen LogP contribution in [0.1, 0.15) is 30.4 Å². The summed E-state index contributed by atoms with van der Waals surface area (Å²) in [5.74, 6) is 0.526. The molecule has 0 heterocycles. The summed E-state index contributed by atoms with van der Waals surface area (Å²) in [7, 11) is 2.06. The normalized spacial score (nSPS) is 14.0. The minimum absolute atomic E-state index is 0.516. The average molecular weight is 253 g/mol. The van der Waals surface area contributed by atoms with Crippen molar-refractivity contribution >= 4 is 0 Å². The SMILES string of the molecule is CCC(NC)C(Cc1ccccc1)c1ccccc1. The molecule has 1 heteroatoms. The summed E-state index contributed by atoms with van der Waals surface area (Å²) in [6.45, 7) is 2.25. The first-order valence-electron chi connectivity index (χ1n) is 7.11. The lowest BCUT2D eigenvalue weighted by Gasteiger charge is -2.26. The van der Waals surface area contributed by atoms with Crippen LogP contribution in [0.4, 0.5) is 0 Å². The molecule has 0 fully saturated rings. The van der Waals surface area contributed by atoms with E-state index in [4.69, 9.17) is 0 Å². The first kappa shape index (κ1) is 13.8. The molecule has 2 aromatic carbocycles. The lowest BCUT2D eigenvalue weighted by atomic mass is 9.85. The molecule has 2 atom stereocenters. The van der Waals surface area contributed by atoms with E-state index in [1.54, 1.807) is 0 Å². The summed E-state index contributed by atoms with van der Waals surface area (Å²) < 4.78 is 0. The second kappa shape index (κ2) is 7.10. The zero-order valence-electron chi connectivity index (χ0n) is 11.8. The maximum atomic E-state index is 3.47. The van der Waals surface area contributed by atoms with Gasteiger partial charge in [-0.3, -0.25) is 0 Å². The van der Waals surface area contributed by atoms with Crippen LogP contribution in [0, 0.1) is 0 Å². The zero-order valence-corrected chi connectivity index (χ0v) is 11.8. The fourth-order valence-electron chi connectivity index (χ4n) is 2.75. The molecule has 2 unspecified atom stereocenters. The van der Waals surface area contributed by atoms with Gasteiger partial charge < -0.3 is 5.32 Å². The summed E-state index contributed by atoms with van der Waals surface area (Å²) in [4.78, 5) is 0. The minimum Gasteiger partial charge on any atom is -0.316 e. The molecule has 0 saturated heterocycles. The number of benzene rings is 2. The summed E-state index contributed by atoms with van der Waals surface area (Å²) >= 11 is 0. The van der Waals surface area contributed by atoms with Crippen molar-refractivity contribution in [2.45, 2.75) is 31.7 Å². The number of rotatable bonds is 6. The van der Waals surface area contributed by atoms with Crippen LogP contribution in [0.25, 0.3) is 0 Å². The van der Waals surface area contributed by atoms with Gasteiger partial charge in [-0.1, -0.05) is 67.6 Å². The Morgan fingerprint density at radius 1 is 0.895 bits per heavy atom.